The number of nitrogens with one attached hydrogen (secondary N) is 1. The van der Waals surface area contributed by atoms with Gasteiger partial charge in [-0.3, -0.25) is 4.79 Å². The summed E-state index contributed by atoms with van der Waals surface area (Å²) >= 11 is 2.05. The molecule has 18 heavy (non-hydrogen) atoms. The molecule has 0 spiro atoms. The van der Waals surface area contributed by atoms with Gasteiger partial charge in [0.1, 0.15) is 0 Å². The highest BCUT2D eigenvalue weighted by Gasteiger charge is 2.29. The van der Waals surface area contributed by atoms with Crippen molar-refractivity contribution in [3.63, 3.8) is 0 Å². The molecule has 4 heteroatoms. The number of esters is 1. The lowest BCUT2D eigenvalue weighted by molar-refractivity contribution is -0.149. The molecule has 1 aliphatic heterocycles. The van der Waals surface area contributed by atoms with Crippen molar-refractivity contribution in [2.24, 2.45) is 5.92 Å². The average molecular weight is 271 g/mol. The van der Waals surface area contributed by atoms with Crippen LogP contribution in [0, 0.1) is 5.92 Å². The molecule has 1 heterocycles. The minimum absolute atomic E-state index is 0.0158. The van der Waals surface area contributed by atoms with Crippen molar-refractivity contribution >= 4 is 17.7 Å². The number of hydrogen-bond acceptors (Lipinski definition) is 4. The molecule has 0 aromatic carbocycles. The maximum Gasteiger partial charge on any atom is 0.308 e. The van der Waals surface area contributed by atoms with E-state index in [0.29, 0.717) is 18.7 Å². The Hall–Kier alpha value is -0.220. The van der Waals surface area contributed by atoms with E-state index in [1.807, 2.05) is 6.92 Å². The Bertz CT molecular complexity index is 267. The van der Waals surface area contributed by atoms with Crippen LogP contribution in [0.5, 0.6) is 0 Å². The lowest BCUT2D eigenvalue weighted by Gasteiger charge is -2.33. The molecule has 3 atom stereocenters. The monoisotopic (exact) mass is 271 g/mol. The Morgan fingerprint density at radius 3 is 2.83 bits per heavy atom. The van der Waals surface area contributed by atoms with Crippen LogP contribution < -0.4 is 5.32 Å². The van der Waals surface area contributed by atoms with E-state index in [1.165, 1.54) is 30.8 Å². The molecule has 1 aliphatic carbocycles. The van der Waals surface area contributed by atoms with Gasteiger partial charge in [0.05, 0.1) is 12.5 Å². The Morgan fingerprint density at radius 2 is 2.11 bits per heavy atom. The normalized spacial score (nSPS) is 33.1. The molecule has 1 N–H and O–H groups in total. The van der Waals surface area contributed by atoms with E-state index in [0.717, 1.165) is 19.3 Å². The van der Waals surface area contributed by atoms with Gasteiger partial charge < -0.3 is 10.1 Å². The molecule has 2 rings (SSSR count). The highest BCUT2D eigenvalue weighted by Crippen LogP contribution is 2.27. The van der Waals surface area contributed by atoms with E-state index < -0.39 is 0 Å². The quantitative estimate of drug-likeness (QED) is 0.798. The second-order valence-electron chi connectivity index (χ2n) is 5.39. The SMILES string of the molecule is CCOC(=O)C1CCCC(NC2CCCSC2)C1. The van der Waals surface area contributed by atoms with E-state index in [2.05, 4.69) is 17.1 Å². The minimum Gasteiger partial charge on any atom is -0.466 e. The number of carbonyl (C=O) groups excluding carboxylic acids is 1. The molecular weight excluding hydrogens is 246 g/mol. The topological polar surface area (TPSA) is 38.3 Å². The summed E-state index contributed by atoms with van der Waals surface area (Å²) in [5.74, 6) is 2.70. The summed E-state index contributed by atoms with van der Waals surface area (Å²) in [5, 5.41) is 3.76. The van der Waals surface area contributed by atoms with Crippen molar-refractivity contribution in [2.75, 3.05) is 18.1 Å². The van der Waals surface area contributed by atoms with Crippen LogP contribution in [0.2, 0.25) is 0 Å². The molecule has 3 nitrogen and oxygen atoms in total. The second-order valence-corrected chi connectivity index (χ2v) is 6.54. The summed E-state index contributed by atoms with van der Waals surface area (Å²) in [5.41, 5.74) is 0. The third-order valence-corrected chi connectivity index (χ3v) is 5.14. The fraction of sp³-hybridized carbons (Fsp3) is 0.929. The van der Waals surface area contributed by atoms with Crippen molar-refractivity contribution in [3.05, 3.63) is 0 Å². The van der Waals surface area contributed by atoms with Crippen molar-refractivity contribution in [1.82, 2.24) is 5.32 Å². The van der Waals surface area contributed by atoms with Gasteiger partial charge >= 0.3 is 5.97 Å². The van der Waals surface area contributed by atoms with Crippen LogP contribution in [0.4, 0.5) is 0 Å². The fourth-order valence-corrected chi connectivity index (χ4v) is 4.11. The first-order valence-corrected chi connectivity index (χ1v) is 8.45. The molecule has 2 aliphatic rings. The Balaban J connectivity index is 1.77. The second kappa shape index (κ2) is 7.39. The number of rotatable bonds is 4. The predicted molar refractivity (Wildman–Crippen MR) is 75.9 cm³/mol. The van der Waals surface area contributed by atoms with Crippen LogP contribution in [-0.2, 0) is 9.53 Å². The van der Waals surface area contributed by atoms with Gasteiger partial charge in [-0.25, -0.2) is 0 Å². The molecule has 2 fully saturated rings. The first kappa shape index (κ1) is 14.2. The van der Waals surface area contributed by atoms with Crippen LogP contribution in [0.25, 0.3) is 0 Å². The molecule has 1 saturated heterocycles. The number of carbonyl (C=O) groups is 1. The lowest BCUT2D eigenvalue weighted by Crippen LogP contribution is -2.44. The van der Waals surface area contributed by atoms with Crippen molar-refractivity contribution < 1.29 is 9.53 Å². The van der Waals surface area contributed by atoms with Gasteiger partial charge in [-0.05, 0) is 44.8 Å². The summed E-state index contributed by atoms with van der Waals surface area (Å²) in [6.07, 6.45) is 6.98. The zero-order chi connectivity index (χ0) is 12.8. The van der Waals surface area contributed by atoms with Gasteiger partial charge in [-0.2, -0.15) is 11.8 Å². The largest absolute Gasteiger partial charge is 0.466 e. The number of thioether (sulfide) groups is 1. The van der Waals surface area contributed by atoms with Crippen molar-refractivity contribution in [3.8, 4) is 0 Å². The van der Waals surface area contributed by atoms with Gasteiger partial charge in [0, 0.05) is 17.8 Å². The average Bonchev–Trinajstić information content (AvgIpc) is 2.40. The highest BCUT2D eigenvalue weighted by atomic mass is 32.2. The standard InChI is InChI=1S/C14H25NO2S/c1-2-17-14(16)11-5-3-6-12(9-11)15-13-7-4-8-18-10-13/h11-13,15H,2-10H2,1H3. The summed E-state index contributed by atoms with van der Waals surface area (Å²) in [6, 6.07) is 1.19. The minimum atomic E-state index is 0.0158. The number of hydrogen-bond donors (Lipinski definition) is 1. The maximum absolute atomic E-state index is 11.8. The van der Waals surface area contributed by atoms with Gasteiger partial charge in [0.2, 0.25) is 0 Å². The predicted octanol–water partition coefficient (Wildman–Crippen LogP) is 2.59. The van der Waals surface area contributed by atoms with E-state index in [9.17, 15) is 4.79 Å². The van der Waals surface area contributed by atoms with E-state index in [-0.39, 0.29) is 11.9 Å². The Morgan fingerprint density at radius 1 is 1.28 bits per heavy atom. The molecule has 0 aromatic rings. The van der Waals surface area contributed by atoms with Gasteiger partial charge in [-0.1, -0.05) is 6.42 Å². The molecule has 3 unspecified atom stereocenters. The summed E-state index contributed by atoms with van der Waals surface area (Å²) in [6.45, 7) is 2.39. The zero-order valence-electron chi connectivity index (χ0n) is 11.3. The smallest absolute Gasteiger partial charge is 0.308 e. The number of ether oxygens (including phenoxy) is 1. The third-order valence-electron chi connectivity index (χ3n) is 3.93. The molecule has 0 radical (unpaired) electrons. The first-order valence-electron chi connectivity index (χ1n) is 7.30. The summed E-state index contributed by atoms with van der Waals surface area (Å²) in [7, 11) is 0. The summed E-state index contributed by atoms with van der Waals surface area (Å²) < 4.78 is 5.15. The van der Waals surface area contributed by atoms with Gasteiger partial charge in [-0.15, -0.1) is 0 Å². The van der Waals surface area contributed by atoms with E-state index >= 15 is 0 Å². The highest BCUT2D eigenvalue weighted by molar-refractivity contribution is 7.99. The molecular formula is C14H25NO2S. The van der Waals surface area contributed by atoms with Crippen molar-refractivity contribution in [2.45, 2.75) is 57.5 Å². The van der Waals surface area contributed by atoms with Crippen LogP contribution in [0.3, 0.4) is 0 Å². The van der Waals surface area contributed by atoms with Crippen LogP contribution in [-0.4, -0.2) is 36.2 Å². The van der Waals surface area contributed by atoms with Crippen LogP contribution in [0.1, 0.15) is 45.4 Å². The van der Waals surface area contributed by atoms with Crippen LogP contribution in [0.15, 0.2) is 0 Å². The molecule has 0 amide bonds. The fourth-order valence-electron chi connectivity index (χ4n) is 3.02. The van der Waals surface area contributed by atoms with Crippen molar-refractivity contribution in [1.29, 1.82) is 0 Å². The maximum atomic E-state index is 11.8. The van der Waals surface area contributed by atoms with Gasteiger partial charge in [0.15, 0.2) is 0 Å². The van der Waals surface area contributed by atoms with Crippen LogP contribution >= 0.6 is 11.8 Å². The molecule has 0 bridgehead atoms. The molecule has 0 aromatic heterocycles. The summed E-state index contributed by atoms with van der Waals surface area (Å²) in [4.78, 5) is 11.8. The van der Waals surface area contributed by atoms with E-state index in [4.69, 9.17) is 4.74 Å². The van der Waals surface area contributed by atoms with Gasteiger partial charge in [0.25, 0.3) is 0 Å². The molecule has 1 saturated carbocycles. The zero-order valence-corrected chi connectivity index (χ0v) is 12.1. The first-order chi connectivity index (χ1) is 8.79. The Kier molecular flexibility index (Phi) is 5.83. The third kappa shape index (κ3) is 4.16. The van der Waals surface area contributed by atoms with E-state index in [1.54, 1.807) is 0 Å². The Labute approximate surface area is 114 Å². The molecule has 104 valence electrons. The lowest BCUT2D eigenvalue weighted by atomic mass is 9.85.